The van der Waals surface area contributed by atoms with E-state index in [-0.39, 0.29) is 0 Å². The summed E-state index contributed by atoms with van der Waals surface area (Å²) in [6, 6.07) is 3.54. The Morgan fingerprint density at radius 3 is 2.10 bits per heavy atom. The molecule has 0 spiro atoms. The summed E-state index contributed by atoms with van der Waals surface area (Å²) in [5.74, 6) is 0. The molecule has 0 aliphatic heterocycles. The lowest BCUT2D eigenvalue weighted by Gasteiger charge is -1.99. The molecule has 54 valence electrons. The summed E-state index contributed by atoms with van der Waals surface area (Å²) in [4.78, 5) is 0. The fraction of sp³-hybridized carbons (Fsp3) is 0. The van der Waals surface area contributed by atoms with Crippen molar-refractivity contribution in [1.29, 1.82) is 0 Å². The monoisotopic (exact) mass is 306 g/mol. The molecule has 0 saturated carbocycles. The summed E-state index contributed by atoms with van der Waals surface area (Å²) in [6.07, 6.45) is 0. The smallest absolute Gasteiger partial charge is 0.0789 e. The first-order valence-corrected chi connectivity index (χ1v) is 4.63. The molecule has 0 nitrogen and oxygen atoms in total. The van der Waals surface area contributed by atoms with Crippen LogP contribution < -0.4 is 0 Å². The standard InChI is InChI=1S/C6H2Cl3I/c7-3-1-2-4(10)6(9)5(3)8/h1-2H. The van der Waals surface area contributed by atoms with E-state index < -0.39 is 0 Å². The molecular weight excluding hydrogens is 305 g/mol. The molecule has 0 aliphatic rings. The van der Waals surface area contributed by atoms with Crippen LogP contribution in [0.4, 0.5) is 0 Å². The minimum atomic E-state index is 0.426. The largest absolute Gasteiger partial charge is 0.0827 e. The van der Waals surface area contributed by atoms with E-state index in [9.17, 15) is 0 Å². The van der Waals surface area contributed by atoms with Gasteiger partial charge in [-0.05, 0) is 34.7 Å². The summed E-state index contributed by atoms with van der Waals surface area (Å²) in [6.45, 7) is 0. The minimum Gasteiger partial charge on any atom is -0.0827 e. The summed E-state index contributed by atoms with van der Waals surface area (Å²) in [5.41, 5.74) is 0. The summed E-state index contributed by atoms with van der Waals surface area (Å²) in [7, 11) is 0. The SMILES string of the molecule is Clc1ccc(I)c(Cl)c1Cl. The number of hydrogen-bond acceptors (Lipinski definition) is 0. The Bertz CT molecular complexity index is 232. The van der Waals surface area contributed by atoms with Crippen molar-refractivity contribution in [1.82, 2.24) is 0 Å². The summed E-state index contributed by atoms with van der Waals surface area (Å²) in [5, 5.41) is 1.44. The van der Waals surface area contributed by atoms with Crippen molar-refractivity contribution in [3.8, 4) is 0 Å². The Balaban J connectivity index is 3.34. The average Bonchev–Trinajstić information content (AvgIpc) is 1.93. The predicted molar refractivity (Wildman–Crippen MR) is 54.2 cm³/mol. The molecule has 0 radical (unpaired) electrons. The Kier molecular flexibility index (Phi) is 3.10. The van der Waals surface area contributed by atoms with Gasteiger partial charge in [-0.3, -0.25) is 0 Å². The third kappa shape index (κ3) is 1.70. The molecule has 0 bridgehead atoms. The molecule has 0 aliphatic carbocycles. The van der Waals surface area contributed by atoms with Gasteiger partial charge < -0.3 is 0 Å². The Labute approximate surface area is 87.6 Å². The molecule has 0 N–H and O–H groups in total. The zero-order valence-electron chi connectivity index (χ0n) is 4.67. The van der Waals surface area contributed by atoms with Gasteiger partial charge >= 0.3 is 0 Å². The van der Waals surface area contributed by atoms with Crippen LogP contribution in [-0.4, -0.2) is 0 Å². The van der Waals surface area contributed by atoms with Crippen molar-refractivity contribution < 1.29 is 0 Å². The zero-order valence-corrected chi connectivity index (χ0v) is 9.09. The van der Waals surface area contributed by atoms with E-state index in [0.29, 0.717) is 15.1 Å². The van der Waals surface area contributed by atoms with Gasteiger partial charge in [0.2, 0.25) is 0 Å². The van der Waals surface area contributed by atoms with Crippen molar-refractivity contribution in [2.75, 3.05) is 0 Å². The van der Waals surface area contributed by atoms with Gasteiger partial charge in [-0.15, -0.1) is 0 Å². The topological polar surface area (TPSA) is 0 Å². The minimum absolute atomic E-state index is 0.426. The van der Waals surface area contributed by atoms with E-state index in [1.165, 1.54) is 0 Å². The summed E-state index contributed by atoms with van der Waals surface area (Å²) < 4.78 is 0.911. The fourth-order valence-corrected chi connectivity index (χ4v) is 1.65. The number of rotatable bonds is 0. The van der Waals surface area contributed by atoms with Gasteiger partial charge in [0.25, 0.3) is 0 Å². The van der Waals surface area contributed by atoms with E-state index in [1.54, 1.807) is 6.07 Å². The van der Waals surface area contributed by atoms with Crippen LogP contribution >= 0.6 is 57.4 Å². The van der Waals surface area contributed by atoms with Gasteiger partial charge in [-0.1, -0.05) is 34.8 Å². The Morgan fingerprint density at radius 2 is 1.60 bits per heavy atom. The molecule has 0 amide bonds. The highest BCUT2D eigenvalue weighted by molar-refractivity contribution is 14.1. The average molecular weight is 307 g/mol. The van der Waals surface area contributed by atoms with Gasteiger partial charge in [-0.2, -0.15) is 0 Å². The van der Waals surface area contributed by atoms with Gasteiger partial charge in [0.15, 0.2) is 0 Å². The highest BCUT2D eigenvalue weighted by atomic mass is 127. The second-order valence-electron chi connectivity index (χ2n) is 1.66. The molecule has 1 rings (SSSR count). The third-order valence-electron chi connectivity index (χ3n) is 0.988. The molecular formula is C6H2Cl3I. The van der Waals surface area contributed by atoms with Crippen LogP contribution in [0.2, 0.25) is 15.1 Å². The van der Waals surface area contributed by atoms with E-state index in [0.717, 1.165) is 3.57 Å². The van der Waals surface area contributed by atoms with Crippen LogP contribution in [0.1, 0.15) is 0 Å². The molecule has 1 aromatic rings. The highest BCUT2D eigenvalue weighted by Gasteiger charge is 2.04. The van der Waals surface area contributed by atoms with Gasteiger partial charge in [0.05, 0.1) is 15.1 Å². The molecule has 0 heterocycles. The zero-order chi connectivity index (χ0) is 7.72. The van der Waals surface area contributed by atoms with Gasteiger partial charge in [0, 0.05) is 3.57 Å². The van der Waals surface area contributed by atoms with Crippen molar-refractivity contribution in [3.05, 3.63) is 30.8 Å². The second kappa shape index (κ2) is 3.48. The first-order valence-electron chi connectivity index (χ1n) is 2.42. The molecule has 0 unspecified atom stereocenters. The lowest BCUT2D eigenvalue weighted by Crippen LogP contribution is -1.75. The highest BCUT2D eigenvalue weighted by Crippen LogP contribution is 2.32. The number of halogens is 4. The molecule has 1 aromatic carbocycles. The third-order valence-corrected chi connectivity index (χ3v) is 3.50. The van der Waals surface area contributed by atoms with E-state index in [1.807, 2.05) is 6.07 Å². The molecule has 4 heteroatoms. The maximum Gasteiger partial charge on any atom is 0.0789 e. The first kappa shape index (κ1) is 8.91. The lowest BCUT2D eigenvalue weighted by atomic mass is 10.4. The lowest BCUT2D eigenvalue weighted by molar-refractivity contribution is 1.64. The van der Waals surface area contributed by atoms with Crippen LogP contribution in [0.5, 0.6) is 0 Å². The molecule has 0 fully saturated rings. The van der Waals surface area contributed by atoms with Crippen molar-refractivity contribution in [3.63, 3.8) is 0 Å². The van der Waals surface area contributed by atoms with Crippen molar-refractivity contribution in [2.24, 2.45) is 0 Å². The molecule has 0 aromatic heterocycles. The van der Waals surface area contributed by atoms with E-state index in [2.05, 4.69) is 22.6 Å². The molecule has 0 saturated heterocycles. The normalized spacial score (nSPS) is 10.0. The van der Waals surface area contributed by atoms with Crippen LogP contribution in [0.15, 0.2) is 12.1 Å². The molecule has 0 atom stereocenters. The predicted octanol–water partition coefficient (Wildman–Crippen LogP) is 4.25. The maximum atomic E-state index is 5.76. The van der Waals surface area contributed by atoms with Gasteiger partial charge in [-0.25, -0.2) is 0 Å². The van der Waals surface area contributed by atoms with Crippen LogP contribution in [0.25, 0.3) is 0 Å². The Hall–Kier alpha value is 0.820. The molecule has 10 heavy (non-hydrogen) atoms. The van der Waals surface area contributed by atoms with Crippen LogP contribution in [-0.2, 0) is 0 Å². The van der Waals surface area contributed by atoms with E-state index >= 15 is 0 Å². The van der Waals surface area contributed by atoms with Crippen molar-refractivity contribution in [2.45, 2.75) is 0 Å². The fourth-order valence-electron chi connectivity index (χ4n) is 0.502. The van der Waals surface area contributed by atoms with E-state index in [4.69, 9.17) is 34.8 Å². The quantitative estimate of drug-likeness (QED) is 0.382. The number of benzene rings is 1. The second-order valence-corrected chi connectivity index (χ2v) is 3.98. The van der Waals surface area contributed by atoms with Gasteiger partial charge in [0.1, 0.15) is 0 Å². The van der Waals surface area contributed by atoms with Crippen LogP contribution in [0.3, 0.4) is 0 Å². The number of hydrogen-bond donors (Lipinski definition) is 0. The summed E-state index contributed by atoms with van der Waals surface area (Å²) >= 11 is 19.2. The first-order chi connectivity index (χ1) is 4.63. The van der Waals surface area contributed by atoms with Crippen molar-refractivity contribution >= 4 is 57.4 Å². The maximum absolute atomic E-state index is 5.76. The Morgan fingerprint density at radius 1 is 1.00 bits per heavy atom. The van der Waals surface area contributed by atoms with Crippen LogP contribution in [0, 0.1) is 3.57 Å².